The van der Waals surface area contributed by atoms with Crippen molar-refractivity contribution < 1.29 is 23.9 Å². The van der Waals surface area contributed by atoms with Gasteiger partial charge >= 0.3 is 6.09 Å². The van der Waals surface area contributed by atoms with Crippen LogP contribution in [-0.2, 0) is 19.1 Å². The third-order valence-corrected chi connectivity index (χ3v) is 5.14. The van der Waals surface area contributed by atoms with Crippen LogP contribution in [0.4, 0.5) is 4.79 Å². The van der Waals surface area contributed by atoms with Gasteiger partial charge in [0.1, 0.15) is 0 Å². The summed E-state index contributed by atoms with van der Waals surface area (Å²) in [5, 5.41) is 0. The summed E-state index contributed by atoms with van der Waals surface area (Å²) in [4.78, 5) is 52.1. The van der Waals surface area contributed by atoms with Crippen molar-refractivity contribution in [1.29, 1.82) is 0 Å². The van der Waals surface area contributed by atoms with Gasteiger partial charge in [0.15, 0.2) is 11.6 Å². The summed E-state index contributed by atoms with van der Waals surface area (Å²) in [5.41, 5.74) is 0.941. The molecule has 0 fully saturated rings. The zero-order valence-corrected chi connectivity index (χ0v) is 17.6. The summed E-state index contributed by atoms with van der Waals surface area (Å²) in [5.74, 6) is -0.478. The second-order valence-corrected chi connectivity index (χ2v) is 7.68. The zero-order chi connectivity index (χ0) is 21.1. The topological polar surface area (TPSA) is 84.0 Å². The average Bonchev–Trinajstić information content (AvgIpc) is 2.60. The maximum atomic E-state index is 12.8. The number of hydrogen-bond acceptors (Lipinski definition) is 5. The lowest BCUT2D eigenvalue weighted by atomic mass is 9.71. The van der Waals surface area contributed by atoms with Crippen molar-refractivity contribution in [3.05, 3.63) is 22.3 Å². The first kappa shape index (κ1) is 22.6. The molecule has 0 bridgehead atoms. The Kier molecular flexibility index (Phi) is 7.11. The highest BCUT2D eigenvalue weighted by Gasteiger charge is 2.38. The number of Topliss-reactive ketones (excluding diaryl/α,β-unsaturated/α-hetero) is 2. The zero-order valence-electron chi connectivity index (χ0n) is 17.6. The van der Waals surface area contributed by atoms with E-state index >= 15 is 0 Å². The highest BCUT2D eigenvalue weighted by molar-refractivity contribution is 6.25. The Morgan fingerprint density at radius 1 is 0.889 bits per heavy atom. The summed E-state index contributed by atoms with van der Waals surface area (Å²) in [7, 11) is 4.53. The molecule has 0 heterocycles. The molecular weight excluding hydrogens is 348 g/mol. The molecule has 0 aromatic carbocycles. The molecular formula is C20H30N2O5. The van der Waals surface area contributed by atoms with Gasteiger partial charge in [0.25, 0.3) is 0 Å². The lowest BCUT2D eigenvalue weighted by Gasteiger charge is -2.33. The lowest BCUT2D eigenvalue weighted by molar-refractivity contribution is -0.132. The van der Waals surface area contributed by atoms with Crippen molar-refractivity contribution in [2.45, 2.75) is 41.0 Å². The Labute approximate surface area is 161 Å². The fourth-order valence-electron chi connectivity index (χ4n) is 3.18. The molecule has 2 amide bonds. The molecule has 0 atom stereocenters. The molecule has 0 saturated heterocycles. The fourth-order valence-corrected chi connectivity index (χ4v) is 3.18. The number of ketones is 2. The second-order valence-electron chi connectivity index (χ2n) is 7.68. The quantitative estimate of drug-likeness (QED) is 0.663. The third kappa shape index (κ3) is 4.84. The number of carbonyl (C=O) groups excluding carboxylic acids is 4. The van der Waals surface area contributed by atoms with Gasteiger partial charge in [0.05, 0.1) is 7.11 Å². The van der Waals surface area contributed by atoms with Crippen molar-refractivity contribution in [3.8, 4) is 0 Å². The predicted octanol–water partition coefficient (Wildman–Crippen LogP) is 2.36. The number of carbonyl (C=O) groups is 4. The fraction of sp³-hybridized carbons (Fsp3) is 0.600. The molecule has 7 nitrogen and oxygen atoms in total. The predicted molar refractivity (Wildman–Crippen MR) is 102 cm³/mol. The molecule has 0 aliphatic heterocycles. The van der Waals surface area contributed by atoms with Gasteiger partial charge in [0, 0.05) is 61.3 Å². The first-order chi connectivity index (χ1) is 12.3. The summed E-state index contributed by atoms with van der Waals surface area (Å²) in [6, 6.07) is 0. The van der Waals surface area contributed by atoms with Gasteiger partial charge in [-0.1, -0.05) is 13.8 Å². The van der Waals surface area contributed by atoms with E-state index in [0.29, 0.717) is 35.4 Å². The van der Waals surface area contributed by atoms with E-state index in [-0.39, 0.29) is 23.9 Å². The van der Waals surface area contributed by atoms with E-state index in [1.54, 1.807) is 48.7 Å². The minimum atomic E-state index is -0.779. The number of rotatable bonds is 6. The van der Waals surface area contributed by atoms with E-state index < -0.39 is 11.5 Å². The summed E-state index contributed by atoms with van der Waals surface area (Å²) >= 11 is 0. The number of ether oxygens (including phenoxy) is 1. The highest BCUT2D eigenvalue weighted by atomic mass is 16.5. The first-order valence-electron chi connectivity index (χ1n) is 8.86. The number of amides is 2. The van der Waals surface area contributed by atoms with Gasteiger partial charge in [0.2, 0.25) is 5.91 Å². The lowest BCUT2D eigenvalue weighted by Crippen LogP contribution is -2.40. The van der Waals surface area contributed by atoms with Gasteiger partial charge in [-0.3, -0.25) is 14.4 Å². The van der Waals surface area contributed by atoms with Gasteiger partial charge in [-0.15, -0.1) is 0 Å². The Hall–Kier alpha value is -2.44. The molecule has 0 saturated carbocycles. The van der Waals surface area contributed by atoms with Crippen LogP contribution in [0.5, 0.6) is 0 Å². The minimum Gasteiger partial charge on any atom is -0.453 e. The van der Waals surface area contributed by atoms with E-state index in [9.17, 15) is 19.2 Å². The van der Waals surface area contributed by atoms with E-state index in [2.05, 4.69) is 4.74 Å². The summed E-state index contributed by atoms with van der Waals surface area (Å²) in [6.07, 6.45) is -0.385. The molecule has 0 radical (unpaired) electrons. The van der Waals surface area contributed by atoms with Crippen LogP contribution in [0, 0.1) is 5.41 Å². The molecule has 1 aliphatic carbocycles. The Morgan fingerprint density at radius 3 is 1.89 bits per heavy atom. The monoisotopic (exact) mass is 378 g/mol. The molecule has 0 aromatic rings. The van der Waals surface area contributed by atoms with Gasteiger partial charge < -0.3 is 14.5 Å². The van der Waals surface area contributed by atoms with Crippen molar-refractivity contribution in [1.82, 2.24) is 9.80 Å². The van der Waals surface area contributed by atoms with E-state index in [1.807, 2.05) is 0 Å². The van der Waals surface area contributed by atoms with Crippen molar-refractivity contribution in [3.63, 3.8) is 0 Å². The maximum Gasteiger partial charge on any atom is 0.409 e. The van der Waals surface area contributed by atoms with Crippen LogP contribution in [0.25, 0.3) is 0 Å². The smallest absolute Gasteiger partial charge is 0.409 e. The highest BCUT2D eigenvalue weighted by Crippen LogP contribution is 2.39. The average molecular weight is 378 g/mol. The molecule has 1 rings (SSSR count). The van der Waals surface area contributed by atoms with E-state index in [4.69, 9.17) is 0 Å². The summed E-state index contributed by atoms with van der Waals surface area (Å²) < 4.78 is 4.62. The number of nitrogens with zero attached hydrogens (tertiary/aromatic N) is 2. The van der Waals surface area contributed by atoms with Crippen molar-refractivity contribution >= 4 is 23.6 Å². The molecule has 0 unspecified atom stereocenters. The SMILES string of the molecule is COC(=O)N(C)CCN(C)C(=O)CC(C)(C)C1=C(C)C(=O)C(C)=C(C)C1=O. The second kappa shape index (κ2) is 8.50. The number of likely N-dealkylation sites (N-methyl/N-ethyl adjacent to an activating group) is 2. The van der Waals surface area contributed by atoms with Crippen LogP contribution in [0.1, 0.15) is 41.0 Å². The van der Waals surface area contributed by atoms with Crippen LogP contribution in [-0.4, -0.2) is 67.7 Å². The third-order valence-electron chi connectivity index (χ3n) is 5.14. The van der Waals surface area contributed by atoms with Crippen LogP contribution in [0.2, 0.25) is 0 Å². The van der Waals surface area contributed by atoms with Crippen LogP contribution in [0.3, 0.4) is 0 Å². The largest absolute Gasteiger partial charge is 0.453 e. The van der Waals surface area contributed by atoms with Gasteiger partial charge in [-0.2, -0.15) is 0 Å². The minimum absolute atomic E-state index is 0.0868. The Bertz CT molecular complexity index is 731. The van der Waals surface area contributed by atoms with Gasteiger partial charge in [-0.05, 0) is 20.8 Å². The molecule has 27 heavy (non-hydrogen) atoms. The molecule has 0 spiro atoms. The standard InChI is InChI=1S/C20H30N2O5/c1-12-13(2)18(25)16(14(3)17(12)24)20(4,5)11-15(23)21(6)9-10-22(7)19(26)27-8/h9-11H2,1-8H3. The number of methoxy groups -OCH3 is 1. The van der Waals surface area contributed by atoms with Crippen molar-refractivity contribution in [2.24, 2.45) is 5.41 Å². The summed E-state index contributed by atoms with van der Waals surface area (Å²) in [6.45, 7) is 9.22. The molecule has 0 N–H and O–H groups in total. The molecule has 0 aromatic heterocycles. The Morgan fingerprint density at radius 2 is 1.37 bits per heavy atom. The van der Waals surface area contributed by atoms with E-state index in [1.165, 1.54) is 16.9 Å². The maximum absolute atomic E-state index is 12.8. The van der Waals surface area contributed by atoms with E-state index in [0.717, 1.165) is 0 Å². The molecule has 1 aliphatic rings. The van der Waals surface area contributed by atoms with Crippen LogP contribution >= 0.6 is 0 Å². The molecule has 150 valence electrons. The van der Waals surface area contributed by atoms with Gasteiger partial charge in [-0.25, -0.2) is 4.79 Å². The molecule has 7 heteroatoms. The Balaban J connectivity index is 2.90. The van der Waals surface area contributed by atoms with Crippen LogP contribution in [0.15, 0.2) is 22.3 Å². The number of allylic oxidation sites excluding steroid dienone is 4. The number of hydrogen-bond donors (Lipinski definition) is 0. The first-order valence-corrected chi connectivity index (χ1v) is 8.86. The normalized spacial score (nSPS) is 15.3. The van der Waals surface area contributed by atoms with Crippen molar-refractivity contribution in [2.75, 3.05) is 34.3 Å². The van der Waals surface area contributed by atoms with Crippen LogP contribution < -0.4 is 0 Å².